The van der Waals surface area contributed by atoms with Crippen molar-refractivity contribution in [2.75, 3.05) is 38.2 Å². The molecule has 150 valence electrons. The maximum absolute atomic E-state index is 12.3. The van der Waals surface area contributed by atoms with Crippen LogP contribution in [0.25, 0.3) is 0 Å². The van der Waals surface area contributed by atoms with Gasteiger partial charge in [-0.2, -0.15) is 0 Å². The minimum absolute atomic E-state index is 0.269. The monoisotopic (exact) mass is 462 g/mol. The number of amides is 2. The van der Waals surface area contributed by atoms with Crippen LogP contribution in [0, 0.1) is 0 Å². The lowest BCUT2D eigenvalue weighted by atomic mass is 10.2. The van der Waals surface area contributed by atoms with Crippen LogP contribution >= 0.6 is 34.5 Å². The van der Waals surface area contributed by atoms with Gasteiger partial charge in [0.15, 0.2) is 0 Å². The largest absolute Gasteiger partial charge is 0.587 e. The number of carbonyl (C=O) groups excluding carboxylic acids is 2. The van der Waals surface area contributed by atoms with Crippen molar-refractivity contribution in [2.24, 2.45) is 0 Å². The Bertz CT molecular complexity index is 874. The van der Waals surface area contributed by atoms with Gasteiger partial charge in [-0.15, -0.1) is 4.72 Å². The molecule has 1 fully saturated rings. The van der Waals surface area contributed by atoms with Gasteiger partial charge in [-0.1, -0.05) is 34.5 Å². The number of thiophene rings is 1. The predicted octanol–water partition coefficient (Wildman–Crippen LogP) is 2.79. The molecule has 1 unspecified atom stereocenters. The van der Waals surface area contributed by atoms with Crippen molar-refractivity contribution in [1.29, 1.82) is 0 Å². The van der Waals surface area contributed by atoms with Crippen LogP contribution in [0.1, 0.15) is 10.4 Å². The fourth-order valence-electron chi connectivity index (χ4n) is 2.61. The molecule has 28 heavy (non-hydrogen) atoms. The number of hydrogen-bond acceptors (Lipinski definition) is 7. The highest BCUT2D eigenvalue weighted by Gasteiger charge is 2.27. The number of piperazine rings is 1. The van der Waals surface area contributed by atoms with Crippen LogP contribution in [-0.4, -0.2) is 59.7 Å². The summed E-state index contributed by atoms with van der Waals surface area (Å²) in [6, 6.07) is 4.34. The lowest BCUT2D eigenvalue weighted by Gasteiger charge is -2.35. The van der Waals surface area contributed by atoms with Gasteiger partial charge in [0, 0.05) is 38.4 Å². The minimum Gasteiger partial charge on any atom is -0.587 e. The zero-order chi connectivity index (χ0) is 20.3. The number of aromatic nitrogens is 1. The molecule has 0 aromatic carbocycles. The van der Waals surface area contributed by atoms with Crippen LogP contribution in [0.2, 0.25) is 9.36 Å². The van der Waals surface area contributed by atoms with E-state index >= 15 is 0 Å². The second-order valence-corrected chi connectivity index (χ2v) is 9.29. The molecule has 0 radical (unpaired) electrons. The summed E-state index contributed by atoms with van der Waals surface area (Å²) >= 11 is 11.6. The molecule has 0 bridgehead atoms. The first-order valence-electron chi connectivity index (χ1n) is 8.10. The Kier molecular flexibility index (Phi) is 6.89. The molecule has 0 aliphatic carbocycles. The fraction of sp³-hybridized carbons (Fsp3) is 0.312. The van der Waals surface area contributed by atoms with Crippen LogP contribution in [0.15, 0.2) is 28.6 Å². The van der Waals surface area contributed by atoms with Gasteiger partial charge in [0.25, 0.3) is 0 Å². The first kappa shape index (κ1) is 21.0. The zero-order valence-corrected chi connectivity index (χ0v) is 17.8. The summed E-state index contributed by atoms with van der Waals surface area (Å²) in [5.74, 6) is 0.0219. The highest BCUT2D eigenvalue weighted by molar-refractivity contribution is 7.92. The molecule has 3 heterocycles. The Labute approximate surface area is 178 Å². The van der Waals surface area contributed by atoms with E-state index < -0.39 is 23.4 Å². The van der Waals surface area contributed by atoms with E-state index in [-0.39, 0.29) is 5.56 Å². The number of urea groups is 1. The van der Waals surface area contributed by atoms with E-state index in [1.54, 1.807) is 17.0 Å². The number of esters is 1. The number of anilines is 1. The maximum atomic E-state index is 12.3. The molecule has 2 aromatic rings. The average molecular weight is 463 g/mol. The number of pyridine rings is 1. The molecule has 1 saturated heterocycles. The Hall–Kier alpha value is -1.72. The fourth-order valence-corrected chi connectivity index (χ4v) is 5.08. The first-order chi connectivity index (χ1) is 13.4. The van der Waals surface area contributed by atoms with E-state index in [4.69, 9.17) is 23.2 Å². The van der Waals surface area contributed by atoms with Crippen molar-refractivity contribution in [1.82, 2.24) is 14.6 Å². The molecule has 2 aromatic heterocycles. The third-order valence-electron chi connectivity index (χ3n) is 4.02. The highest BCUT2D eigenvalue weighted by Crippen LogP contribution is 2.27. The predicted molar refractivity (Wildman–Crippen MR) is 109 cm³/mol. The lowest BCUT2D eigenvalue weighted by molar-refractivity contribution is 0.0600. The molecule has 2 amide bonds. The smallest absolute Gasteiger partial charge is 0.359 e. The van der Waals surface area contributed by atoms with Gasteiger partial charge in [0.05, 0.1) is 22.0 Å². The number of ether oxygens (including phenoxy) is 1. The number of nitrogens with one attached hydrogen (secondary N) is 1. The molecule has 0 spiro atoms. The lowest BCUT2D eigenvalue weighted by Crippen LogP contribution is -2.53. The Balaban J connectivity index is 1.57. The molecule has 1 aliphatic rings. The molecule has 3 rings (SSSR count). The molecular formula is C16H16Cl2N4O4S2. The van der Waals surface area contributed by atoms with Gasteiger partial charge in [-0.25, -0.2) is 14.6 Å². The molecule has 1 atom stereocenters. The van der Waals surface area contributed by atoms with Gasteiger partial charge >= 0.3 is 12.0 Å². The number of hydrogen-bond donors (Lipinski definition) is 1. The van der Waals surface area contributed by atoms with Crippen molar-refractivity contribution in [3.8, 4) is 0 Å². The molecular weight excluding hydrogens is 447 g/mol. The number of rotatable bonds is 4. The summed E-state index contributed by atoms with van der Waals surface area (Å²) in [4.78, 5) is 31.6. The third-order valence-corrected chi connectivity index (χ3v) is 6.89. The van der Waals surface area contributed by atoms with Crippen molar-refractivity contribution in [3.63, 3.8) is 0 Å². The Morgan fingerprint density at radius 3 is 2.57 bits per heavy atom. The summed E-state index contributed by atoms with van der Waals surface area (Å²) in [5.41, 5.74) is 0.269. The first-order valence-corrected chi connectivity index (χ1v) is 10.8. The van der Waals surface area contributed by atoms with E-state index in [1.807, 2.05) is 4.90 Å². The van der Waals surface area contributed by atoms with Crippen LogP contribution in [-0.2, 0) is 16.1 Å². The molecule has 8 nitrogen and oxygen atoms in total. The number of halogens is 2. The average Bonchev–Trinajstić information content (AvgIpc) is 3.14. The Morgan fingerprint density at radius 1 is 1.29 bits per heavy atom. The maximum Gasteiger partial charge on any atom is 0.359 e. The quantitative estimate of drug-likeness (QED) is 0.553. The van der Waals surface area contributed by atoms with Crippen LogP contribution < -0.4 is 9.62 Å². The van der Waals surface area contributed by atoms with Gasteiger partial charge in [-0.3, -0.25) is 0 Å². The molecule has 1 N–H and O–H groups in total. The van der Waals surface area contributed by atoms with Crippen LogP contribution in [0.3, 0.4) is 0 Å². The normalized spacial score (nSPS) is 15.3. The minimum atomic E-state index is -1.65. The van der Waals surface area contributed by atoms with E-state index in [0.29, 0.717) is 45.6 Å². The topological polar surface area (TPSA) is 97.8 Å². The second kappa shape index (κ2) is 9.19. The third kappa shape index (κ3) is 4.81. The van der Waals surface area contributed by atoms with Crippen molar-refractivity contribution in [3.05, 3.63) is 39.3 Å². The summed E-state index contributed by atoms with van der Waals surface area (Å²) in [5, 5.41) is 0.330. The summed E-state index contributed by atoms with van der Waals surface area (Å²) in [6.45, 7) is 1.81. The van der Waals surface area contributed by atoms with E-state index in [0.717, 1.165) is 11.3 Å². The number of nitrogens with zero attached hydrogens (tertiary/aromatic N) is 3. The van der Waals surface area contributed by atoms with E-state index in [1.165, 1.54) is 19.4 Å². The molecule has 12 heteroatoms. The summed E-state index contributed by atoms with van der Waals surface area (Å²) < 4.78 is 20.3. The Morgan fingerprint density at radius 2 is 2.00 bits per heavy atom. The number of methoxy groups -OCH3 is 1. The van der Waals surface area contributed by atoms with Crippen molar-refractivity contribution in [2.45, 2.75) is 4.21 Å². The molecule has 1 aliphatic heterocycles. The van der Waals surface area contributed by atoms with Gasteiger partial charge in [-0.05, 0) is 12.1 Å². The SMILES string of the molecule is COC(=O)c1cnc(N2CCN(C(=O)N[S+]([O-])c3ccc(Cl)s3)CC2)c(Cl)c1. The van der Waals surface area contributed by atoms with Crippen LogP contribution in [0.4, 0.5) is 10.6 Å². The second-order valence-electron chi connectivity index (χ2n) is 5.73. The van der Waals surface area contributed by atoms with E-state index in [2.05, 4.69) is 14.4 Å². The van der Waals surface area contributed by atoms with Gasteiger partial charge in [0.2, 0.25) is 4.21 Å². The molecule has 0 saturated carbocycles. The van der Waals surface area contributed by atoms with Crippen molar-refractivity contribution >= 4 is 63.7 Å². The van der Waals surface area contributed by atoms with Crippen LogP contribution in [0.5, 0.6) is 0 Å². The van der Waals surface area contributed by atoms with Crippen molar-refractivity contribution < 1.29 is 18.9 Å². The standard InChI is InChI=1S/C16H16Cl2N4O4S2/c1-26-15(23)10-8-11(17)14(19-9-10)21-4-6-22(7-5-21)16(24)20-28(25)13-3-2-12(18)27-13/h2-3,8-9H,4-7H2,1H3,(H,20,24). The summed E-state index contributed by atoms with van der Waals surface area (Å²) in [7, 11) is 1.29. The zero-order valence-electron chi connectivity index (χ0n) is 14.7. The van der Waals surface area contributed by atoms with E-state index in [9.17, 15) is 14.1 Å². The van der Waals surface area contributed by atoms with Gasteiger partial charge in [0.1, 0.15) is 17.2 Å². The number of carbonyl (C=O) groups is 2. The van der Waals surface area contributed by atoms with Gasteiger partial charge < -0.3 is 19.1 Å². The highest BCUT2D eigenvalue weighted by atomic mass is 35.5. The summed E-state index contributed by atoms with van der Waals surface area (Å²) in [6.07, 6.45) is 1.40.